The molecule has 3 unspecified atom stereocenters. The third-order valence-electron chi connectivity index (χ3n) is 4.34. The monoisotopic (exact) mass is 269 g/mol. The molecule has 2 aliphatic rings. The van der Waals surface area contributed by atoms with E-state index in [0.29, 0.717) is 37.7 Å². The van der Waals surface area contributed by atoms with E-state index >= 15 is 0 Å². The Morgan fingerprint density at radius 3 is 2.95 bits per heavy atom. The van der Waals surface area contributed by atoms with Gasteiger partial charge < -0.3 is 20.7 Å². The summed E-state index contributed by atoms with van der Waals surface area (Å²) < 4.78 is 4.91. The topological polar surface area (TPSA) is 62.4 Å². The first-order chi connectivity index (χ1) is 9.31. The van der Waals surface area contributed by atoms with Crippen molar-refractivity contribution >= 4 is 5.91 Å². The Labute approximate surface area is 115 Å². The van der Waals surface area contributed by atoms with E-state index in [1.54, 1.807) is 7.11 Å². The zero-order valence-corrected chi connectivity index (χ0v) is 11.9. The largest absolute Gasteiger partial charge is 0.383 e. The zero-order chi connectivity index (χ0) is 13.5. The van der Waals surface area contributed by atoms with Gasteiger partial charge in [0, 0.05) is 25.7 Å². The molecule has 1 saturated heterocycles. The number of ether oxygens (including phenoxy) is 1. The molecule has 0 aromatic rings. The maximum absolute atomic E-state index is 11.7. The van der Waals surface area contributed by atoms with Crippen LogP contribution in [-0.4, -0.2) is 51.3 Å². The van der Waals surface area contributed by atoms with Crippen LogP contribution in [0.1, 0.15) is 32.1 Å². The van der Waals surface area contributed by atoms with Crippen molar-refractivity contribution in [2.24, 2.45) is 5.92 Å². The first kappa shape index (κ1) is 14.8. The van der Waals surface area contributed by atoms with Crippen molar-refractivity contribution < 1.29 is 9.53 Å². The van der Waals surface area contributed by atoms with Crippen LogP contribution >= 0.6 is 0 Å². The maximum Gasteiger partial charge on any atom is 0.234 e. The molecule has 1 saturated carbocycles. The van der Waals surface area contributed by atoms with E-state index < -0.39 is 0 Å². The molecular formula is C14H27N3O2. The Balaban J connectivity index is 1.67. The molecule has 1 aliphatic carbocycles. The van der Waals surface area contributed by atoms with Crippen LogP contribution in [0.2, 0.25) is 0 Å². The van der Waals surface area contributed by atoms with Gasteiger partial charge in [0.25, 0.3) is 0 Å². The maximum atomic E-state index is 11.7. The van der Waals surface area contributed by atoms with E-state index in [2.05, 4.69) is 16.0 Å². The molecule has 3 atom stereocenters. The Morgan fingerprint density at radius 1 is 1.32 bits per heavy atom. The molecule has 1 aliphatic heterocycles. The average Bonchev–Trinajstić information content (AvgIpc) is 3.07. The summed E-state index contributed by atoms with van der Waals surface area (Å²) in [6.07, 6.45) is 6.37. The van der Waals surface area contributed by atoms with Crippen LogP contribution in [-0.2, 0) is 9.53 Å². The summed E-state index contributed by atoms with van der Waals surface area (Å²) in [5, 5.41) is 9.89. The van der Waals surface area contributed by atoms with Crippen molar-refractivity contribution in [2.45, 2.75) is 44.2 Å². The minimum Gasteiger partial charge on any atom is -0.383 e. The summed E-state index contributed by atoms with van der Waals surface area (Å²) in [6, 6.07) is 1.17. The van der Waals surface area contributed by atoms with Crippen molar-refractivity contribution in [2.75, 3.05) is 33.4 Å². The number of hydrogen-bond donors (Lipinski definition) is 3. The highest BCUT2D eigenvalue weighted by Crippen LogP contribution is 2.31. The van der Waals surface area contributed by atoms with Gasteiger partial charge in [-0.1, -0.05) is 6.42 Å². The van der Waals surface area contributed by atoms with Gasteiger partial charge in [0.1, 0.15) is 0 Å². The summed E-state index contributed by atoms with van der Waals surface area (Å²) >= 11 is 0. The molecule has 2 rings (SSSR count). The van der Waals surface area contributed by atoms with Crippen molar-refractivity contribution in [3.63, 3.8) is 0 Å². The third-order valence-corrected chi connectivity index (χ3v) is 4.34. The summed E-state index contributed by atoms with van der Waals surface area (Å²) in [6.45, 7) is 2.75. The zero-order valence-electron chi connectivity index (χ0n) is 11.9. The number of nitrogens with one attached hydrogen (secondary N) is 3. The molecule has 1 amide bonds. The van der Waals surface area contributed by atoms with Crippen molar-refractivity contribution in [3.05, 3.63) is 0 Å². The summed E-state index contributed by atoms with van der Waals surface area (Å²) in [4.78, 5) is 11.7. The number of rotatable bonds is 7. The Kier molecular flexibility index (Phi) is 6.07. The molecule has 0 spiro atoms. The minimum absolute atomic E-state index is 0.0714. The predicted molar refractivity (Wildman–Crippen MR) is 75.0 cm³/mol. The normalized spacial score (nSPS) is 30.7. The van der Waals surface area contributed by atoms with Crippen molar-refractivity contribution in [1.29, 1.82) is 0 Å². The standard InChI is InChI=1S/C14H27N3O2/c1-19-9-8-16-14(18)10-17-13-5-2-4-11(13)12-6-3-7-15-12/h11-13,15,17H,2-10H2,1H3,(H,16,18). The van der Waals surface area contributed by atoms with E-state index in [1.807, 2.05) is 0 Å². The number of carbonyl (C=O) groups excluding carboxylic acids is 1. The highest BCUT2D eigenvalue weighted by molar-refractivity contribution is 5.77. The summed E-state index contributed by atoms with van der Waals surface area (Å²) in [7, 11) is 1.64. The molecule has 2 fully saturated rings. The fraction of sp³-hybridized carbons (Fsp3) is 0.929. The molecule has 0 radical (unpaired) electrons. The lowest BCUT2D eigenvalue weighted by Gasteiger charge is -2.26. The molecule has 0 aromatic carbocycles. The molecule has 5 heteroatoms. The van der Waals surface area contributed by atoms with Gasteiger partial charge in [-0.05, 0) is 38.1 Å². The van der Waals surface area contributed by atoms with Gasteiger partial charge in [-0.3, -0.25) is 4.79 Å². The van der Waals surface area contributed by atoms with E-state index in [4.69, 9.17) is 4.74 Å². The number of hydrogen-bond acceptors (Lipinski definition) is 4. The molecule has 1 heterocycles. The van der Waals surface area contributed by atoms with E-state index in [-0.39, 0.29) is 5.91 Å². The Morgan fingerprint density at radius 2 is 2.21 bits per heavy atom. The number of carbonyl (C=O) groups is 1. The average molecular weight is 269 g/mol. The molecular weight excluding hydrogens is 242 g/mol. The van der Waals surface area contributed by atoms with Crippen LogP contribution in [0.15, 0.2) is 0 Å². The second kappa shape index (κ2) is 7.82. The first-order valence-corrected chi connectivity index (χ1v) is 7.53. The Bertz CT molecular complexity index is 280. The van der Waals surface area contributed by atoms with E-state index in [1.165, 1.54) is 32.1 Å². The SMILES string of the molecule is COCCNC(=O)CNC1CCCC1C1CCCN1. The van der Waals surface area contributed by atoms with E-state index in [9.17, 15) is 4.79 Å². The van der Waals surface area contributed by atoms with Crippen molar-refractivity contribution in [3.8, 4) is 0 Å². The second-order valence-corrected chi connectivity index (χ2v) is 5.63. The quantitative estimate of drug-likeness (QED) is 0.580. The molecule has 3 N–H and O–H groups in total. The van der Waals surface area contributed by atoms with Crippen molar-refractivity contribution in [1.82, 2.24) is 16.0 Å². The van der Waals surface area contributed by atoms with Crippen LogP contribution < -0.4 is 16.0 Å². The van der Waals surface area contributed by atoms with Gasteiger partial charge in [-0.15, -0.1) is 0 Å². The van der Waals surface area contributed by atoms with Gasteiger partial charge >= 0.3 is 0 Å². The van der Waals surface area contributed by atoms with Gasteiger partial charge in [-0.2, -0.15) is 0 Å². The smallest absolute Gasteiger partial charge is 0.234 e. The fourth-order valence-corrected chi connectivity index (χ4v) is 3.38. The predicted octanol–water partition coefficient (Wildman–Crippen LogP) is 0.259. The van der Waals surface area contributed by atoms with Gasteiger partial charge in [0.05, 0.1) is 13.2 Å². The van der Waals surface area contributed by atoms with Crippen LogP contribution in [0, 0.1) is 5.92 Å². The van der Waals surface area contributed by atoms with Crippen LogP contribution in [0.25, 0.3) is 0 Å². The highest BCUT2D eigenvalue weighted by Gasteiger charge is 2.34. The van der Waals surface area contributed by atoms with Gasteiger partial charge in [0.2, 0.25) is 5.91 Å². The van der Waals surface area contributed by atoms with Crippen LogP contribution in [0.4, 0.5) is 0 Å². The lowest BCUT2D eigenvalue weighted by atomic mass is 9.93. The van der Waals surface area contributed by atoms with Crippen LogP contribution in [0.5, 0.6) is 0 Å². The lowest BCUT2D eigenvalue weighted by molar-refractivity contribution is -0.120. The Hall–Kier alpha value is -0.650. The molecule has 19 heavy (non-hydrogen) atoms. The van der Waals surface area contributed by atoms with Gasteiger partial charge in [0.15, 0.2) is 0 Å². The lowest BCUT2D eigenvalue weighted by Crippen LogP contribution is -2.45. The highest BCUT2D eigenvalue weighted by atomic mass is 16.5. The fourth-order valence-electron chi connectivity index (χ4n) is 3.38. The minimum atomic E-state index is 0.0714. The van der Waals surface area contributed by atoms with Crippen LogP contribution in [0.3, 0.4) is 0 Å². The summed E-state index contributed by atoms with van der Waals surface area (Å²) in [5.41, 5.74) is 0. The van der Waals surface area contributed by atoms with Gasteiger partial charge in [-0.25, -0.2) is 0 Å². The first-order valence-electron chi connectivity index (χ1n) is 7.53. The molecule has 0 bridgehead atoms. The number of amides is 1. The molecule has 0 aromatic heterocycles. The molecule has 110 valence electrons. The van der Waals surface area contributed by atoms with E-state index in [0.717, 1.165) is 6.54 Å². The second-order valence-electron chi connectivity index (χ2n) is 5.63. The molecule has 5 nitrogen and oxygen atoms in total. The third kappa shape index (κ3) is 4.44. The number of methoxy groups -OCH3 is 1. The summed E-state index contributed by atoms with van der Waals surface area (Å²) in [5.74, 6) is 0.774.